The smallest absolute Gasteiger partial charge is 0.160 e. The molecule has 12 aromatic rings. The Hall–Kier alpha value is -8.14. The molecule has 2 heterocycles. The van der Waals surface area contributed by atoms with Gasteiger partial charge in [0, 0.05) is 27.5 Å². The largest absolute Gasteiger partial charge is 0.456 e. The minimum atomic E-state index is 0.680. The number of benzene rings is 10. The Bertz CT molecular complexity index is 3620. The van der Waals surface area contributed by atoms with E-state index < -0.39 is 0 Å². The van der Waals surface area contributed by atoms with Gasteiger partial charge in [-0.25, -0.2) is 9.97 Å². The van der Waals surface area contributed by atoms with Gasteiger partial charge in [-0.05, 0) is 102 Å². The standard InChI is InChI=1S/C58H36N2O/c1-2-11-37(12-3-1)43-15-10-16-46(33-43)54-36-53(40-23-21-38(22-24-40)44-30-32-56-52(34-44)49-19-8-9-20-55(49)61-56)59-58(60-54)42-27-25-41(26-28-42)57-48-18-7-5-14-45(48)35-51-47-17-6-4-13-39(47)29-31-50(51)57/h1-36H. The van der Waals surface area contributed by atoms with Gasteiger partial charge in [0.25, 0.3) is 0 Å². The molecule has 0 aliphatic rings. The van der Waals surface area contributed by atoms with Crippen LogP contribution in [0.25, 0.3) is 122 Å². The molecule has 0 amide bonds. The fraction of sp³-hybridized carbons (Fsp3) is 0. The Morgan fingerprint density at radius 2 is 0.836 bits per heavy atom. The van der Waals surface area contributed by atoms with Crippen LogP contribution in [0.4, 0.5) is 0 Å². The summed E-state index contributed by atoms with van der Waals surface area (Å²) in [4.78, 5) is 10.5. The van der Waals surface area contributed by atoms with E-state index in [9.17, 15) is 0 Å². The summed E-state index contributed by atoms with van der Waals surface area (Å²) in [6.45, 7) is 0. The van der Waals surface area contributed by atoms with Gasteiger partial charge in [-0.2, -0.15) is 0 Å². The number of rotatable bonds is 6. The summed E-state index contributed by atoms with van der Waals surface area (Å²) in [7, 11) is 0. The summed E-state index contributed by atoms with van der Waals surface area (Å²) in [6, 6.07) is 77.6. The summed E-state index contributed by atoms with van der Waals surface area (Å²) in [5.74, 6) is 0.680. The second-order valence-corrected chi connectivity index (χ2v) is 15.7. The molecular weight excluding hydrogens is 741 g/mol. The van der Waals surface area contributed by atoms with Crippen molar-refractivity contribution >= 4 is 54.3 Å². The molecule has 2 aromatic heterocycles. The Kier molecular flexibility index (Phi) is 8.17. The molecule has 10 aromatic carbocycles. The quantitative estimate of drug-likeness (QED) is 0.125. The molecule has 0 bridgehead atoms. The summed E-state index contributed by atoms with van der Waals surface area (Å²) in [6.07, 6.45) is 0. The van der Waals surface area contributed by atoms with E-state index in [0.29, 0.717) is 5.82 Å². The van der Waals surface area contributed by atoms with Crippen LogP contribution in [0, 0.1) is 0 Å². The minimum Gasteiger partial charge on any atom is -0.456 e. The van der Waals surface area contributed by atoms with Gasteiger partial charge in [0.2, 0.25) is 0 Å². The average Bonchev–Trinajstić information content (AvgIpc) is 3.71. The van der Waals surface area contributed by atoms with E-state index in [4.69, 9.17) is 14.4 Å². The third-order valence-electron chi connectivity index (χ3n) is 12.1. The first-order valence-corrected chi connectivity index (χ1v) is 20.7. The first-order chi connectivity index (χ1) is 30.2. The van der Waals surface area contributed by atoms with Crippen LogP contribution in [0.5, 0.6) is 0 Å². The number of hydrogen-bond donors (Lipinski definition) is 0. The summed E-state index contributed by atoms with van der Waals surface area (Å²) < 4.78 is 6.11. The van der Waals surface area contributed by atoms with Crippen molar-refractivity contribution in [1.29, 1.82) is 0 Å². The van der Waals surface area contributed by atoms with Crippen LogP contribution in [0.3, 0.4) is 0 Å². The molecular formula is C58H36N2O. The second kappa shape index (κ2) is 14.3. The van der Waals surface area contributed by atoms with Gasteiger partial charge < -0.3 is 4.42 Å². The maximum atomic E-state index is 6.11. The predicted octanol–water partition coefficient (Wildman–Crippen LogP) is 15.8. The third kappa shape index (κ3) is 6.14. The Morgan fingerprint density at radius 3 is 1.67 bits per heavy atom. The molecule has 0 fully saturated rings. The molecule has 0 atom stereocenters. The molecule has 0 radical (unpaired) electrons. The molecule has 0 aliphatic heterocycles. The highest BCUT2D eigenvalue weighted by Crippen LogP contribution is 2.40. The first kappa shape index (κ1) is 34.9. The number of nitrogens with zero attached hydrogens (tertiary/aromatic N) is 2. The van der Waals surface area contributed by atoms with Crippen molar-refractivity contribution < 1.29 is 4.42 Å². The predicted molar refractivity (Wildman–Crippen MR) is 254 cm³/mol. The average molecular weight is 777 g/mol. The maximum absolute atomic E-state index is 6.11. The monoisotopic (exact) mass is 776 g/mol. The number of hydrogen-bond acceptors (Lipinski definition) is 3. The van der Waals surface area contributed by atoms with Gasteiger partial charge in [0.05, 0.1) is 11.4 Å². The molecule has 12 rings (SSSR count). The molecule has 3 heteroatoms. The molecule has 0 spiro atoms. The lowest BCUT2D eigenvalue weighted by Gasteiger charge is -2.15. The zero-order chi connectivity index (χ0) is 40.3. The summed E-state index contributed by atoms with van der Waals surface area (Å²) >= 11 is 0. The second-order valence-electron chi connectivity index (χ2n) is 15.7. The molecule has 3 nitrogen and oxygen atoms in total. The normalized spacial score (nSPS) is 11.6. The number of fused-ring (bicyclic) bond motifs is 7. The van der Waals surface area contributed by atoms with E-state index in [0.717, 1.165) is 72.3 Å². The minimum absolute atomic E-state index is 0.680. The van der Waals surface area contributed by atoms with E-state index in [-0.39, 0.29) is 0 Å². The SMILES string of the molecule is c1ccc(-c2cccc(-c3cc(-c4ccc(-c5ccc6oc7ccccc7c6c5)cc4)nc(-c4ccc(-c5c6ccccc6cc6c5ccc5ccccc56)cc4)n3)c2)cc1. The summed E-state index contributed by atoms with van der Waals surface area (Å²) in [5.41, 5.74) is 13.5. The lowest BCUT2D eigenvalue weighted by Crippen LogP contribution is -1.96. The molecule has 0 saturated carbocycles. The van der Waals surface area contributed by atoms with Gasteiger partial charge >= 0.3 is 0 Å². The van der Waals surface area contributed by atoms with Crippen LogP contribution >= 0.6 is 0 Å². The van der Waals surface area contributed by atoms with Gasteiger partial charge in [0.1, 0.15) is 11.2 Å². The van der Waals surface area contributed by atoms with Crippen LogP contribution < -0.4 is 0 Å². The summed E-state index contributed by atoms with van der Waals surface area (Å²) in [5, 5.41) is 9.71. The zero-order valence-corrected chi connectivity index (χ0v) is 33.1. The first-order valence-electron chi connectivity index (χ1n) is 20.7. The highest BCUT2D eigenvalue weighted by atomic mass is 16.3. The third-order valence-corrected chi connectivity index (χ3v) is 12.1. The van der Waals surface area contributed by atoms with E-state index in [2.05, 4.69) is 206 Å². The van der Waals surface area contributed by atoms with Crippen molar-refractivity contribution in [3.63, 3.8) is 0 Å². The van der Waals surface area contributed by atoms with E-state index in [1.807, 2.05) is 12.1 Å². The molecule has 284 valence electrons. The van der Waals surface area contributed by atoms with Crippen LogP contribution in [-0.4, -0.2) is 9.97 Å². The number of aromatic nitrogens is 2. The van der Waals surface area contributed by atoms with Gasteiger partial charge in [0.15, 0.2) is 5.82 Å². The lowest BCUT2D eigenvalue weighted by molar-refractivity contribution is 0.669. The fourth-order valence-electron chi connectivity index (χ4n) is 9.02. The van der Waals surface area contributed by atoms with E-state index >= 15 is 0 Å². The highest BCUT2D eigenvalue weighted by Gasteiger charge is 2.16. The van der Waals surface area contributed by atoms with Crippen LogP contribution in [0.2, 0.25) is 0 Å². The van der Waals surface area contributed by atoms with Crippen molar-refractivity contribution in [3.8, 4) is 67.3 Å². The number of furan rings is 1. The number of para-hydroxylation sites is 1. The van der Waals surface area contributed by atoms with Crippen LogP contribution in [0.15, 0.2) is 223 Å². The van der Waals surface area contributed by atoms with Crippen LogP contribution in [0.1, 0.15) is 0 Å². The Morgan fingerprint density at radius 1 is 0.262 bits per heavy atom. The zero-order valence-electron chi connectivity index (χ0n) is 33.1. The Balaban J connectivity index is 0.969. The molecule has 0 unspecified atom stereocenters. The topological polar surface area (TPSA) is 38.9 Å². The van der Waals surface area contributed by atoms with E-state index in [1.165, 1.54) is 43.4 Å². The van der Waals surface area contributed by atoms with Crippen molar-refractivity contribution in [3.05, 3.63) is 218 Å². The van der Waals surface area contributed by atoms with Crippen molar-refractivity contribution in [1.82, 2.24) is 9.97 Å². The van der Waals surface area contributed by atoms with E-state index in [1.54, 1.807) is 0 Å². The van der Waals surface area contributed by atoms with Crippen molar-refractivity contribution in [2.45, 2.75) is 0 Å². The van der Waals surface area contributed by atoms with Gasteiger partial charge in [-0.3, -0.25) is 0 Å². The molecule has 61 heavy (non-hydrogen) atoms. The molecule has 0 saturated heterocycles. The fourth-order valence-corrected chi connectivity index (χ4v) is 9.02. The van der Waals surface area contributed by atoms with Gasteiger partial charge in [-0.1, -0.05) is 182 Å². The maximum Gasteiger partial charge on any atom is 0.160 e. The Labute approximate surface area is 352 Å². The molecule has 0 aliphatic carbocycles. The van der Waals surface area contributed by atoms with Gasteiger partial charge in [-0.15, -0.1) is 0 Å². The van der Waals surface area contributed by atoms with Crippen molar-refractivity contribution in [2.24, 2.45) is 0 Å². The highest BCUT2D eigenvalue weighted by molar-refractivity contribution is 6.20. The lowest BCUT2D eigenvalue weighted by atomic mass is 9.89. The van der Waals surface area contributed by atoms with Crippen molar-refractivity contribution in [2.75, 3.05) is 0 Å². The molecule has 0 N–H and O–H groups in total. The van der Waals surface area contributed by atoms with Crippen LogP contribution in [-0.2, 0) is 0 Å².